The number of nitrogens with one attached hydrogen (secondary N) is 2. The SMILES string of the molecule is O=C(/C=C/c1ccc(CN(CCO)CCc2cnc3[nH]ccc3c2)c(F)c1)NO. The summed E-state index contributed by atoms with van der Waals surface area (Å²) in [6, 6.07) is 8.72. The topological polar surface area (TPSA) is 101 Å². The number of rotatable bonds is 9. The number of halogens is 1. The molecule has 1 amide bonds. The highest BCUT2D eigenvalue weighted by Gasteiger charge is 2.11. The van der Waals surface area contributed by atoms with Crippen molar-refractivity contribution in [1.82, 2.24) is 20.3 Å². The van der Waals surface area contributed by atoms with Crippen molar-refractivity contribution in [3.8, 4) is 0 Å². The van der Waals surface area contributed by atoms with Crippen LogP contribution in [0.25, 0.3) is 17.1 Å². The average molecular weight is 398 g/mol. The lowest BCUT2D eigenvalue weighted by Gasteiger charge is -2.22. The van der Waals surface area contributed by atoms with E-state index in [1.807, 2.05) is 23.4 Å². The number of hydrogen-bond acceptors (Lipinski definition) is 5. The van der Waals surface area contributed by atoms with E-state index in [0.29, 0.717) is 30.8 Å². The number of benzene rings is 1. The average Bonchev–Trinajstić information content (AvgIpc) is 3.20. The second kappa shape index (κ2) is 9.92. The van der Waals surface area contributed by atoms with Crippen LogP contribution in [0.4, 0.5) is 4.39 Å². The predicted octanol–water partition coefficient (Wildman–Crippen LogP) is 2.26. The number of aliphatic hydroxyl groups is 1. The number of amides is 1. The van der Waals surface area contributed by atoms with E-state index >= 15 is 0 Å². The molecule has 0 aliphatic rings. The van der Waals surface area contributed by atoms with Gasteiger partial charge in [0.25, 0.3) is 5.91 Å². The van der Waals surface area contributed by atoms with E-state index < -0.39 is 11.7 Å². The van der Waals surface area contributed by atoms with Gasteiger partial charge in [-0.15, -0.1) is 0 Å². The Morgan fingerprint density at radius 1 is 1.28 bits per heavy atom. The number of hydrogen-bond donors (Lipinski definition) is 4. The number of nitrogens with zero attached hydrogens (tertiary/aromatic N) is 2. The molecule has 4 N–H and O–H groups in total. The van der Waals surface area contributed by atoms with Crippen molar-refractivity contribution >= 4 is 23.0 Å². The Labute approximate surface area is 167 Å². The number of aromatic nitrogens is 2. The second-order valence-electron chi connectivity index (χ2n) is 6.67. The van der Waals surface area contributed by atoms with Crippen molar-refractivity contribution < 1.29 is 19.5 Å². The van der Waals surface area contributed by atoms with Gasteiger partial charge in [0.2, 0.25) is 0 Å². The molecule has 0 aliphatic carbocycles. The summed E-state index contributed by atoms with van der Waals surface area (Å²) >= 11 is 0. The van der Waals surface area contributed by atoms with Crippen molar-refractivity contribution in [2.75, 3.05) is 19.7 Å². The molecule has 0 aliphatic heterocycles. The molecule has 0 unspecified atom stereocenters. The molecule has 0 fully saturated rings. The van der Waals surface area contributed by atoms with E-state index in [1.165, 1.54) is 17.6 Å². The molecule has 152 valence electrons. The summed E-state index contributed by atoms with van der Waals surface area (Å²) < 4.78 is 14.5. The fourth-order valence-electron chi connectivity index (χ4n) is 3.07. The number of hydroxylamine groups is 1. The molecule has 0 bridgehead atoms. The van der Waals surface area contributed by atoms with Gasteiger partial charge in [0.1, 0.15) is 11.5 Å². The quantitative estimate of drug-likeness (QED) is 0.252. The van der Waals surface area contributed by atoms with Gasteiger partial charge in [-0.2, -0.15) is 0 Å². The molecule has 3 aromatic rings. The lowest BCUT2D eigenvalue weighted by Crippen LogP contribution is -2.29. The normalized spacial score (nSPS) is 11.6. The smallest absolute Gasteiger partial charge is 0.267 e. The molecule has 0 radical (unpaired) electrons. The number of pyridine rings is 1. The lowest BCUT2D eigenvalue weighted by molar-refractivity contribution is -0.124. The molecule has 0 spiro atoms. The first-order chi connectivity index (χ1) is 14.1. The molecule has 2 aromatic heterocycles. The molecular formula is C21H23FN4O3. The van der Waals surface area contributed by atoms with Gasteiger partial charge >= 0.3 is 0 Å². The van der Waals surface area contributed by atoms with Gasteiger partial charge in [0.15, 0.2) is 0 Å². The number of fused-ring (bicyclic) bond motifs is 1. The maximum absolute atomic E-state index is 14.5. The second-order valence-corrected chi connectivity index (χ2v) is 6.67. The van der Waals surface area contributed by atoms with E-state index in [1.54, 1.807) is 12.1 Å². The van der Waals surface area contributed by atoms with E-state index in [0.717, 1.165) is 29.1 Å². The highest BCUT2D eigenvalue weighted by Crippen LogP contribution is 2.16. The summed E-state index contributed by atoms with van der Waals surface area (Å²) in [5, 5.41) is 18.9. The summed E-state index contributed by atoms with van der Waals surface area (Å²) in [6.45, 7) is 1.41. The highest BCUT2D eigenvalue weighted by molar-refractivity contribution is 5.90. The number of aromatic amines is 1. The van der Waals surface area contributed by atoms with Gasteiger partial charge in [-0.3, -0.25) is 14.9 Å². The van der Waals surface area contributed by atoms with Crippen LogP contribution in [0, 0.1) is 5.82 Å². The molecule has 7 nitrogen and oxygen atoms in total. The van der Waals surface area contributed by atoms with E-state index in [4.69, 9.17) is 5.21 Å². The Morgan fingerprint density at radius 3 is 2.90 bits per heavy atom. The van der Waals surface area contributed by atoms with Crippen molar-refractivity contribution in [3.63, 3.8) is 0 Å². The van der Waals surface area contributed by atoms with Crippen LogP contribution < -0.4 is 5.48 Å². The van der Waals surface area contributed by atoms with E-state index in [2.05, 4.69) is 16.0 Å². The minimum absolute atomic E-state index is 0.0200. The first kappa shape index (κ1) is 20.7. The third kappa shape index (κ3) is 5.71. The third-order valence-corrected chi connectivity index (χ3v) is 4.60. The fourth-order valence-corrected chi connectivity index (χ4v) is 3.07. The Kier molecular flexibility index (Phi) is 7.07. The molecule has 2 heterocycles. The van der Waals surface area contributed by atoms with Crippen molar-refractivity contribution in [2.24, 2.45) is 0 Å². The molecule has 0 saturated carbocycles. The predicted molar refractivity (Wildman–Crippen MR) is 108 cm³/mol. The molecule has 1 aromatic carbocycles. The summed E-state index contributed by atoms with van der Waals surface area (Å²) in [5.74, 6) is -1.08. The molecule has 29 heavy (non-hydrogen) atoms. The zero-order valence-corrected chi connectivity index (χ0v) is 15.8. The number of carbonyl (C=O) groups is 1. The molecule has 0 atom stereocenters. The largest absolute Gasteiger partial charge is 0.395 e. The highest BCUT2D eigenvalue weighted by atomic mass is 19.1. The van der Waals surface area contributed by atoms with Crippen LogP contribution in [-0.4, -0.2) is 50.8 Å². The summed E-state index contributed by atoms with van der Waals surface area (Å²) in [6.07, 6.45) is 6.92. The van der Waals surface area contributed by atoms with Gasteiger partial charge < -0.3 is 10.1 Å². The van der Waals surface area contributed by atoms with Gasteiger partial charge in [0, 0.05) is 49.1 Å². The van der Waals surface area contributed by atoms with Crippen molar-refractivity contribution in [1.29, 1.82) is 0 Å². The zero-order valence-electron chi connectivity index (χ0n) is 15.8. The maximum atomic E-state index is 14.5. The third-order valence-electron chi connectivity index (χ3n) is 4.60. The van der Waals surface area contributed by atoms with Crippen LogP contribution in [0.2, 0.25) is 0 Å². The summed E-state index contributed by atoms with van der Waals surface area (Å²) in [5.41, 5.74) is 4.40. The van der Waals surface area contributed by atoms with Crippen LogP contribution in [0.5, 0.6) is 0 Å². The first-order valence-electron chi connectivity index (χ1n) is 9.25. The number of aliphatic hydroxyl groups excluding tert-OH is 1. The van der Waals surface area contributed by atoms with Gasteiger partial charge in [-0.25, -0.2) is 14.9 Å². The summed E-state index contributed by atoms with van der Waals surface area (Å²) in [7, 11) is 0. The monoisotopic (exact) mass is 398 g/mol. The molecule has 3 rings (SSSR count). The first-order valence-corrected chi connectivity index (χ1v) is 9.25. The Hall–Kier alpha value is -3.07. The van der Waals surface area contributed by atoms with Crippen LogP contribution in [-0.2, 0) is 17.8 Å². The Bertz CT molecular complexity index is 1000. The van der Waals surface area contributed by atoms with Crippen LogP contribution in [0.15, 0.2) is 48.8 Å². The Morgan fingerprint density at radius 2 is 2.14 bits per heavy atom. The van der Waals surface area contributed by atoms with E-state index in [-0.39, 0.29) is 6.61 Å². The minimum atomic E-state index is -0.684. The standard InChI is InChI=1S/C21H23FN4O3/c22-19-12-15(2-4-20(28)25-29)1-3-18(19)14-26(9-10-27)8-6-16-11-17-5-7-23-21(17)24-13-16/h1-5,7,11-13,27,29H,6,8-10,14H2,(H,23,24)(H,25,28)/b4-2+. The van der Waals surface area contributed by atoms with Crippen LogP contribution in [0.3, 0.4) is 0 Å². The van der Waals surface area contributed by atoms with Crippen LogP contribution in [0.1, 0.15) is 16.7 Å². The van der Waals surface area contributed by atoms with Gasteiger partial charge in [-0.1, -0.05) is 12.1 Å². The van der Waals surface area contributed by atoms with Crippen molar-refractivity contribution in [3.05, 3.63) is 71.3 Å². The lowest BCUT2D eigenvalue weighted by atomic mass is 10.1. The zero-order chi connectivity index (χ0) is 20.6. The Balaban J connectivity index is 1.64. The molecular weight excluding hydrogens is 375 g/mol. The molecule has 8 heteroatoms. The fraction of sp³-hybridized carbons (Fsp3) is 0.238. The minimum Gasteiger partial charge on any atom is -0.395 e. The number of H-pyrrole nitrogens is 1. The van der Waals surface area contributed by atoms with Gasteiger partial charge in [-0.05, 0) is 41.8 Å². The van der Waals surface area contributed by atoms with Gasteiger partial charge in [0.05, 0.1) is 6.61 Å². The van der Waals surface area contributed by atoms with Crippen molar-refractivity contribution in [2.45, 2.75) is 13.0 Å². The molecule has 0 saturated heterocycles. The summed E-state index contributed by atoms with van der Waals surface area (Å²) in [4.78, 5) is 20.4. The maximum Gasteiger partial charge on any atom is 0.267 e. The van der Waals surface area contributed by atoms with E-state index in [9.17, 15) is 14.3 Å². The van der Waals surface area contributed by atoms with Crippen LogP contribution >= 0.6 is 0 Å². The number of carbonyl (C=O) groups excluding carboxylic acids is 1.